The highest BCUT2D eigenvalue weighted by Gasteiger charge is 2.24. The van der Waals surface area contributed by atoms with Crippen molar-refractivity contribution in [1.29, 1.82) is 5.26 Å². The molecule has 1 fully saturated rings. The second kappa shape index (κ2) is 7.62. The molecule has 0 aromatic carbocycles. The summed E-state index contributed by atoms with van der Waals surface area (Å²) in [6.45, 7) is 9.07. The van der Waals surface area contributed by atoms with E-state index in [2.05, 4.69) is 20.9 Å². The SMILES string of the molecule is CCOC(=O)CN1CCN(c2nc(C)c(Cl)c(C)c2C#N)CC1. The zero-order chi connectivity index (χ0) is 17.0. The van der Waals surface area contributed by atoms with Crippen LogP contribution in [0.5, 0.6) is 0 Å². The zero-order valence-corrected chi connectivity index (χ0v) is 14.5. The number of carbonyl (C=O) groups excluding carboxylic acids is 1. The van der Waals surface area contributed by atoms with Gasteiger partial charge < -0.3 is 9.64 Å². The summed E-state index contributed by atoms with van der Waals surface area (Å²) in [6.07, 6.45) is 0. The standard InChI is InChI=1S/C16H21ClN4O2/c1-4-23-14(22)10-20-5-7-21(8-6-20)16-13(9-18)11(2)15(17)12(3)19-16/h4-8,10H2,1-3H3. The van der Waals surface area contributed by atoms with Gasteiger partial charge in [-0.15, -0.1) is 0 Å². The summed E-state index contributed by atoms with van der Waals surface area (Å²) in [4.78, 5) is 20.2. The first kappa shape index (κ1) is 17.5. The van der Waals surface area contributed by atoms with E-state index >= 15 is 0 Å². The van der Waals surface area contributed by atoms with Gasteiger partial charge in [-0.2, -0.15) is 5.26 Å². The lowest BCUT2D eigenvalue weighted by Gasteiger charge is -2.35. The monoisotopic (exact) mass is 336 g/mol. The molecule has 0 bridgehead atoms. The minimum absolute atomic E-state index is 0.199. The zero-order valence-electron chi connectivity index (χ0n) is 13.7. The second-order valence-electron chi connectivity index (χ2n) is 5.51. The fourth-order valence-electron chi connectivity index (χ4n) is 2.68. The van der Waals surface area contributed by atoms with Crippen molar-refractivity contribution in [3.05, 3.63) is 21.8 Å². The number of pyridine rings is 1. The van der Waals surface area contributed by atoms with Crippen LogP contribution in [0.2, 0.25) is 5.02 Å². The molecule has 0 amide bonds. The second-order valence-corrected chi connectivity index (χ2v) is 5.89. The first-order valence-electron chi connectivity index (χ1n) is 7.67. The van der Waals surface area contributed by atoms with Crippen molar-refractivity contribution >= 4 is 23.4 Å². The number of aryl methyl sites for hydroxylation is 1. The van der Waals surface area contributed by atoms with Crippen molar-refractivity contribution in [2.45, 2.75) is 20.8 Å². The number of rotatable bonds is 4. The third kappa shape index (κ3) is 3.92. The van der Waals surface area contributed by atoms with Gasteiger partial charge in [0.2, 0.25) is 0 Å². The molecule has 7 heteroatoms. The average Bonchev–Trinajstić information content (AvgIpc) is 2.53. The van der Waals surface area contributed by atoms with E-state index in [9.17, 15) is 10.1 Å². The van der Waals surface area contributed by atoms with E-state index in [-0.39, 0.29) is 5.97 Å². The fourth-order valence-corrected chi connectivity index (χ4v) is 2.82. The van der Waals surface area contributed by atoms with Gasteiger partial charge in [0.1, 0.15) is 11.9 Å². The molecular weight excluding hydrogens is 316 g/mol. The van der Waals surface area contributed by atoms with Crippen molar-refractivity contribution in [2.24, 2.45) is 0 Å². The van der Waals surface area contributed by atoms with Crippen LogP contribution in [0.4, 0.5) is 5.82 Å². The molecule has 0 saturated carbocycles. The van der Waals surface area contributed by atoms with Crippen molar-refractivity contribution in [3.8, 4) is 6.07 Å². The Hall–Kier alpha value is -1.84. The number of hydrogen-bond donors (Lipinski definition) is 0. The molecule has 0 aliphatic carbocycles. The topological polar surface area (TPSA) is 69.5 Å². The molecule has 1 saturated heterocycles. The average molecular weight is 337 g/mol. The molecule has 6 nitrogen and oxygen atoms in total. The molecule has 0 spiro atoms. The van der Waals surface area contributed by atoms with E-state index < -0.39 is 0 Å². The van der Waals surface area contributed by atoms with Crippen molar-refractivity contribution in [1.82, 2.24) is 9.88 Å². The smallest absolute Gasteiger partial charge is 0.320 e. The van der Waals surface area contributed by atoms with Crippen LogP contribution in [0.3, 0.4) is 0 Å². The lowest BCUT2D eigenvalue weighted by Crippen LogP contribution is -2.48. The van der Waals surface area contributed by atoms with Crippen LogP contribution in [0.15, 0.2) is 0 Å². The summed E-state index contributed by atoms with van der Waals surface area (Å²) in [5.74, 6) is 0.484. The van der Waals surface area contributed by atoms with Crippen LogP contribution in [0.1, 0.15) is 23.7 Å². The number of halogens is 1. The van der Waals surface area contributed by atoms with Crippen LogP contribution < -0.4 is 4.90 Å². The minimum Gasteiger partial charge on any atom is -0.465 e. The highest BCUT2D eigenvalue weighted by atomic mass is 35.5. The van der Waals surface area contributed by atoms with Crippen molar-refractivity contribution < 1.29 is 9.53 Å². The number of piperazine rings is 1. The normalized spacial score (nSPS) is 15.3. The number of anilines is 1. The Morgan fingerprint density at radius 2 is 2.00 bits per heavy atom. The fraction of sp³-hybridized carbons (Fsp3) is 0.562. The van der Waals surface area contributed by atoms with Gasteiger partial charge >= 0.3 is 5.97 Å². The summed E-state index contributed by atoms with van der Waals surface area (Å²) >= 11 is 6.19. The highest BCUT2D eigenvalue weighted by molar-refractivity contribution is 6.32. The van der Waals surface area contributed by atoms with E-state index in [1.165, 1.54) is 0 Å². The lowest BCUT2D eigenvalue weighted by molar-refractivity contribution is -0.144. The van der Waals surface area contributed by atoms with E-state index in [1.807, 2.05) is 13.8 Å². The Morgan fingerprint density at radius 3 is 2.57 bits per heavy atom. The van der Waals surface area contributed by atoms with Crippen molar-refractivity contribution in [3.63, 3.8) is 0 Å². The number of nitriles is 1. The molecule has 2 rings (SSSR count). The molecule has 1 aromatic heterocycles. The maximum atomic E-state index is 11.5. The summed E-state index contributed by atoms with van der Waals surface area (Å²) in [5.41, 5.74) is 2.03. The summed E-state index contributed by atoms with van der Waals surface area (Å²) in [7, 11) is 0. The van der Waals surface area contributed by atoms with Gasteiger partial charge in [0.15, 0.2) is 0 Å². The molecule has 0 N–H and O–H groups in total. The first-order chi connectivity index (χ1) is 11.0. The number of aromatic nitrogens is 1. The van der Waals surface area contributed by atoms with Gasteiger partial charge in [0.05, 0.1) is 29.4 Å². The molecule has 0 atom stereocenters. The van der Waals surface area contributed by atoms with Gasteiger partial charge in [0.25, 0.3) is 0 Å². The van der Waals surface area contributed by atoms with E-state index in [0.717, 1.165) is 24.3 Å². The quantitative estimate of drug-likeness (QED) is 0.782. The number of esters is 1. The highest BCUT2D eigenvalue weighted by Crippen LogP contribution is 2.29. The van der Waals surface area contributed by atoms with Crippen LogP contribution in [0.25, 0.3) is 0 Å². The Bertz CT molecular complexity index is 634. The molecule has 23 heavy (non-hydrogen) atoms. The number of ether oxygens (including phenoxy) is 1. The van der Waals surface area contributed by atoms with Gasteiger partial charge in [-0.3, -0.25) is 9.69 Å². The Kier molecular flexibility index (Phi) is 5.80. The van der Waals surface area contributed by atoms with E-state index in [1.54, 1.807) is 6.92 Å². The van der Waals surface area contributed by atoms with E-state index in [0.29, 0.717) is 42.6 Å². The molecule has 1 aliphatic rings. The molecule has 1 aliphatic heterocycles. The summed E-state index contributed by atoms with van der Waals surface area (Å²) in [6, 6.07) is 2.21. The molecular formula is C16H21ClN4O2. The molecule has 1 aromatic rings. The lowest BCUT2D eigenvalue weighted by atomic mass is 10.1. The van der Waals surface area contributed by atoms with Crippen LogP contribution in [-0.4, -0.2) is 55.2 Å². The first-order valence-corrected chi connectivity index (χ1v) is 8.05. The number of carbonyl (C=O) groups is 1. The van der Waals surface area contributed by atoms with Gasteiger partial charge in [-0.25, -0.2) is 4.98 Å². The predicted octanol–water partition coefficient (Wildman–Crippen LogP) is 1.91. The van der Waals surface area contributed by atoms with Gasteiger partial charge in [-0.05, 0) is 26.3 Å². The number of hydrogen-bond acceptors (Lipinski definition) is 6. The van der Waals surface area contributed by atoms with Gasteiger partial charge in [-0.1, -0.05) is 11.6 Å². The Morgan fingerprint density at radius 1 is 1.35 bits per heavy atom. The van der Waals surface area contributed by atoms with Crippen molar-refractivity contribution in [2.75, 3.05) is 44.2 Å². The molecule has 0 radical (unpaired) electrons. The van der Waals surface area contributed by atoms with E-state index in [4.69, 9.17) is 16.3 Å². The van der Waals surface area contributed by atoms with Crippen LogP contribution in [0, 0.1) is 25.2 Å². The molecule has 0 unspecified atom stereocenters. The summed E-state index contributed by atoms with van der Waals surface area (Å²) in [5, 5.41) is 9.98. The maximum Gasteiger partial charge on any atom is 0.320 e. The molecule has 2 heterocycles. The maximum absolute atomic E-state index is 11.5. The van der Waals surface area contributed by atoms with Gasteiger partial charge in [0, 0.05) is 26.2 Å². The minimum atomic E-state index is -0.199. The Labute approximate surface area is 141 Å². The number of nitrogens with zero attached hydrogens (tertiary/aromatic N) is 4. The summed E-state index contributed by atoms with van der Waals surface area (Å²) < 4.78 is 4.97. The predicted molar refractivity (Wildman–Crippen MR) is 88.7 cm³/mol. The third-order valence-electron chi connectivity index (χ3n) is 3.96. The Balaban J connectivity index is 2.09. The molecule has 124 valence electrons. The largest absolute Gasteiger partial charge is 0.465 e. The third-order valence-corrected chi connectivity index (χ3v) is 4.52. The van der Waals surface area contributed by atoms with Crippen LogP contribution >= 0.6 is 11.6 Å². The van der Waals surface area contributed by atoms with Crippen LogP contribution in [-0.2, 0) is 9.53 Å².